The van der Waals surface area contributed by atoms with Crippen molar-refractivity contribution in [2.24, 2.45) is 0 Å². The Morgan fingerprint density at radius 2 is 1.62 bits per heavy atom. The monoisotopic (exact) mass is 353 g/mol. The van der Waals surface area contributed by atoms with Gasteiger partial charge in [-0.15, -0.1) is 0 Å². The smallest absolute Gasteiger partial charge is 0.221 e. The molecule has 6 heteroatoms. The van der Waals surface area contributed by atoms with Gasteiger partial charge in [0.15, 0.2) is 8.32 Å². The van der Waals surface area contributed by atoms with Gasteiger partial charge in [0.2, 0.25) is 5.91 Å². The maximum absolute atomic E-state index is 10.9. The average molecular weight is 354 g/mol. The zero-order valence-corrected chi connectivity index (χ0v) is 16.8. The lowest BCUT2D eigenvalue weighted by Gasteiger charge is -2.36. The minimum absolute atomic E-state index is 0.0861. The number of hydrogen-bond donors (Lipinski definition) is 1. The summed E-state index contributed by atoms with van der Waals surface area (Å²) in [7, 11) is -1.68. The summed E-state index contributed by atoms with van der Waals surface area (Å²) >= 11 is 0. The summed E-state index contributed by atoms with van der Waals surface area (Å²) in [6.45, 7) is 14.9. The Labute approximate surface area is 146 Å². The number of benzene rings is 1. The predicted molar refractivity (Wildman–Crippen MR) is 100 cm³/mol. The molecule has 0 fully saturated rings. The summed E-state index contributed by atoms with van der Waals surface area (Å²) in [5, 5.41) is 2.94. The molecule has 0 aliphatic rings. The van der Waals surface area contributed by atoms with E-state index in [0.29, 0.717) is 26.4 Å². The maximum atomic E-state index is 10.9. The van der Waals surface area contributed by atoms with Crippen LogP contribution in [-0.2, 0) is 14.0 Å². The second kappa shape index (κ2) is 9.20. The highest BCUT2D eigenvalue weighted by atomic mass is 28.4. The van der Waals surface area contributed by atoms with Crippen LogP contribution in [0.2, 0.25) is 18.1 Å². The van der Waals surface area contributed by atoms with Crippen molar-refractivity contribution in [3.63, 3.8) is 0 Å². The zero-order chi connectivity index (χ0) is 18.2. The molecule has 5 nitrogen and oxygen atoms in total. The van der Waals surface area contributed by atoms with E-state index in [0.717, 1.165) is 11.4 Å². The van der Waals surface area contributed by atoms with Crippen LogP contribution in [0.15, 0.2) is 24.3 Å². The van der Waals surface area contributed by atoms with Crippen LogP contribution in [-0.4, -0.2) is 40.7 Å². The zero-order valence-electron chi connectivity index (χ0n) is 15.8. The van der Waals surface area contributed by atoms with E-state index in [1.807, 2.05) is 24.3 Å². The van der Waals surface area contributed by atoms with Crippen LogP contribution in [0.1, 0.15) is 27.7 Å². The highest BCUT2D eigenvalue weighted by Gasteiger charge is 2.36. The van der Waals surface area contributed by atoms with Gasteiger partial charge in [0.25, 0.3) is 0 Å². The number of ether oxygens (including phenoxy) is 2. The van der Waals surface area contributed by atoms with Gasteiger partial charge in [0.1, 0.15) is 12.4 Å². The van der Waals surface area contributed by atoms with Gasteiger partial charge < -0.3 is 19.2 Å². The molecule has 0 unspecified atom stereocenters. The molecule has 24 heavy (non-hydrogen) atoms. The second-order valence-corrected chi connectivity index (χ2v) is 12.1. The van der Waals surface area contributed by atoms with Crippen molar-refractivity contribution in [3.8, 4) is 5.75 Å². The first-order valence-electron chi connectivity index (χ1n) is 8.34. The normalized spacial score (nSPS) is 12.1. The van der Waals surface area contributed by atoms with E-state index in [-0.39, 0.29) is 10.9 Å². The molecule has 136 valence electrons. The molecule has 1 N–H and O–H groups in total. The van der Waals surface area contributed by atoms with E-state index in [4.69, 9.17) is 13.9 Å². The Bertz CT molecular complexity index is 509. The molecule has 1 amide bonds. The summed E-state index contributed by atoms with van der Waals surface area (Å²) in [6, 6.07) is 7.27. The summed E-state index contributed by atoms with van der Waals surface area (Å²) in [5.74, 6) is 0.669. The van der Waals surface area contributed by atoms with Crippen molar-refractivity contribution >= 4 is 19.9 Å². The van der Waals surface area contributed by atoms with Crippen LogP contribution in [0.3, 0.4) is 0 Å². The lowest BCUT2D eigenvalue weighted by atomic mass is 10.2. The number of carbonyl (C=O) groups excluding carboxylic acids is 1. The topological polar surface area (TPSA) is 56.8 Å². The molecule has 0 heterocycles. The Kier molecular flexibility index (Phi) is 7.92. The van der Waals surface area contributed by atoms with E-state index >= 15 is 0 Å². The Balaban J connectivity index is 2.15. The first kappa shape index (κ1) is 20.7. The van der Waals surface area contributed by atoms with Crippen LogP contribution in [0.5, 0.6) is 5.75 Å². The van der Waals surface area contributed by atoms with Crippen LogP contribution in [0.4, 0.5) is 5.69 Å². The molecule has 0 saturated heterocycles. The highest BCUT2D eigenvalue weighted by Crippen LogP contribution is 2.36. The number of hydrogen-bond acceptors (Lipinski definition) is 4. The van der Waals surface area contributed by atoms with Gasteiger partial charge in [0.05, 0.1) is 19.8 Å². The summed E-state index contributed by atoms with van der Waals surface area (Å²) in [4.78, 5) is 10.9. The standard InChI is InChI=1S/C18H31NO4Si/c1-15(20)19-16-7-9-17(10-8-16)22-13-11-21-12-14-23-24(5,6)18(2,3)4/h7-10H,11-14H2,1-6H3,(H,19,20). The number of anilines is 1. The number of carbonyl (C=O) groups is 1. The lowest BCUT2D eigenvalue weighted by Crippen LogP contribution is -2.41. The molecule has 0 atom stereocenters. The fraction of sp³-hybridized carbons (Fsp3) is 0.611. The molecular weight excluding hydrogens is 322 g/mol. The third kappa shape index (κ3) is 7.46. The second-order valence-electron chi connectivity index (χ2n) is 7.28. The molecule has 1 aromatic carbocycles. The minimum atomic E-state index is -1.68. The van der Waals surface area contributed by atoms with E-state index < -0.39 is 8.32 Å². The average Bonchev–Trinajstić information content (AvgIpc) is 2.46. The molecule has 0 spiro atoms. The molecule has 0 aliphatic carbocycles. The third-order valence-corrected chi connectivity index (χ3v) is 8.71. The largest absolute Gasteiger partial charge is 0.491 e. The van der Waals surface area contributed by atoms with Crippen molar-refractivity contribution in [1.82, 2.24) is 0 Å². The predicted octanol–water partition coefficient (Wildman–Crippen LogP) is 4.06. The van der Waals surface area contributed by atoms with Gasteiger partial charge in [0, 0.05) is 12.6 Å². The molecule has 0 aliphatic heterocycles. The molecule has 0 bridgehead atoms. The SMILES string of the molecule is CC(=O)Nc1ccc(OCCOCCO[Si](C)(C)C(C)(C)C)cc1. The molecule has 0 aromatic heterocycles. The fourth-order valence-corrected chi connectivity index (χ4v) is 2.76. The molecular formula is C18H31NO4Si. The minimum Gasteiger partial charge on any atom is -0.491 e. The Morgan fingerprint density at radius 1 is 1.04 bits per heavy atom. The summed E-state index contributed by atoms with van der Waals surface area (Å²) < 4.78 is 17.2. The Morgan fingerprint density at radius 3 is 2.17 bits per heavy atom. The molecule has 1 rings (SSSR count). The van der Waals surface area contributed by atoms with Gasteiger partial charge in [-0.25, -0.2) is 0 Å². The van der Waals surface area contributed by atoms with Crippen molar-refractivity contribution in [3.05, 3.63) is 24.3 Å². The number of rotatable bonds is 9. The number of nitrogens with one attached hydrogen (secondary N) is 1. The molecule has 0 saturated carbocycles. The lowest BCUT2D eigenvalue weighted by molar-refractivity contribution is -0.114. The summed E-state index contributed by atoms with van der Waals surface area (Å²) in [6.07, 6.45) is 0. The van der Waals surface area contributed by atoms with Crippen molar-refractivity contribution < 1.29 is 18.7 Å². The van der Waals surface area contributed by atoms with Crippen LogP contribution >= 0.6 is 0 Å². The number of amides is 1. The van der Waals surface area contributed by atoms with E-state index in [2.05, 4.69) is 39.2 Å². The van der Waals surface area contributed by atoms with Crippen molar-refractivity contribution in [2.75, 3.05) is 31.7 Å². The fourth-order valence-electron chi connectivity index (χ4n) is 1.73. The highest BCUT2D eigenvalue weighted by molar-refractivity contribution is 6.74. The van der Waals surface area contributed by atoms with Crippen LogP contribution in [0, 0.1) is 0 Å². The molecule has 1 aromatic rings. The third-order valence-electron chi connectivity index (χ3n) is 4.17. The van der Waals surface area contributed by atoms with Gasteiger partial charge in [-0.1, -0.05) is 20.8 Å². The quantitative estimate of drug-likeness (QED) is 0.537. The first-order valence-corrected chi connectivity index (χ1v) is 11.2. The summed E-state index contributed by atoms with van der Waals surface area (Å²) in [5.41, 5.74) is 0.758. The van der Waals surface area contributed by atoms with Crippen molar-refractivity contribution in [2.45, 2.75) is 45.8 Å². The molecule has 0 radical (unpaired) electrons. The van der Waals surface area contributed by atoms with Crippen LogP contribution in [0.25, 0.3) is 0 Å². The van der Waals surface area contributed by atoms with E-state index in [1.54, 1.807) is 0 Å². The van der Waals surface area contributed by atoms with Gasteiger partial charge in [-0.05, 0) is 42.4 Å². The first-order chi connectivity index (χ1) is 11.1. The van der Waals surface area contributed by atoms with Gasteiger partial charge in [-0.3, -0.25) is 4.79 Å². The van der Waals surface area contributed by atoms with Crippen LogP contribution < -0.4 is 10.1 Å². The Hall–Kier alpha value is -1.37. The maximum Gasteiger partial charge on any atom is 0.221 e. The van der Waals surface area contributed by atoms with E-state index in [1.165, 1.54) is 6.92 Å². The van der Waals surface area contributed by atoms with Gasteiger partial charge in [-0.2, -0.15) is 0 Å². The van der Waals surface area contributed by atoms with Gasteiger partial charge >= 0.3 is 0 Å². The van der Waals surface area contributed by atoms with E-state index in [9.17, 15) is 4.79 Å². The van der Waals surface area contributed by atoms with Crippen molar-refractivity contribution in [1.29, 1.82) is 0 Å².